The van der Waals surface area contributed by atoms with Crippen LogP contribution in [0.3, 0.4) is 0 Å². The van der Waals surface area contributed by atoms with Gasteiger partial charge in [-0.2, -0.15) is 0 Å². The first-order valence-electron chi connectivity index (χ1n) is 4.26. The Balaban J connectivity index is 2.59. The summed E-state index contributed by atoms with van der Waals surface area (Å²) in [5.74, 6) is 0.575. The van der Waals surface area contributed by atoms with Crippen molar-refractivity contribution < 1.29 is 0 Å². The smallest absolute Gasteiger partial charge is 0.0564 e. The van der Waals surface area contributed by atoms with Crippen molar-refractivity contribution in [3.8, 4) is 0 Å². The predicted octanol–water partition coefficient (Wildman–Crippen LogP) is 4.81. The van der Waals surface area contributed by atoms with E-state index < -0.39 is 0 Å². The monoisotopic (exact) mass is 302 g/mol. The maximum atomic E-state index is 3.35. The molecule has 70 valence electrons. The van der Waals surface area contributed by atoms with Crippen LogP contribution in [0.15, 0.2) is 39.8 Å². The fourth-order valence-electron chi connectivity index (χ4n) is 1.18. The zero-order valence-electron chi connectivity index (χ0n) is 7.50. The van der Waals surface area contributed by atoms with Crippen LogP contribution < -0.4 is 0 Å². The number of rotatable bonds is 3. The van der Waals surface area contributed by atoms with Crippen molar-refractivity contribution in [2.45, 2.75) is 19.3 Å². The fraction of sp³-hybridized carbons (Fsp3) is 0.273. The fourth-order valence-corrected chi connectivity index (χ4v) is 1.56. The van der Waals surface area contributed by atoms with Crippen LogP contribution in [0.2, 0.25) is 0 Å². The lowest BCUT2D eigenvalue weighted by Crippen LogP contribution is -1.90. The van der Waals surface area contributed by atoms with E-state index in [0.29, 0.717) is 5.92 Å². The van der Waals surface area contributed by atoms with Crippen LogP contribution in [-0.4, -0.2) is 0 Å². The summed E-state index contributed by atoms with van der Waals surface area (Å²) < 4.78 is 1.03. The van der Waals surface area contributed by atoms with Gasteiger partial charge in [0.1, 0.15) is 0 Å². The minimum Gasteiger partial charge on any atom is -0.0626 e. The molecule has 1 aromatic rings. The Hall–Kier alpha value is -0.0800. The molecule has 0 aromatic heterocycles. The minimum absolute atomic E-state index is 0.575. The van der Waals surface area contributed by atoms with Gasteiger partial charge in [0.15, 0.2) is 0 Å². The maximum Gasteiger partial charge on any atom is 0.0564 e. The number of hydrogen-bond acceptors (Lipinski definition) is 0. The summed E-state index contributed by atoms with van der Waals surface area (Å²) >= 11 is 6.71. The summed E-state index contributed by atoms with van der Waals surface area (Å²) in [5.41, 5.74) is 1.39. The number of halogens is 2. The van der Waals surface area contributed by atoms with Crippen molar-refractivity contribution in [2.24, 2.45) is 0 Å². The number of allylic oxidation sites excluding steroid dienone is 1. The van der Waals surface area contributed by atoms with Crippen LogP contribution in [0, 0.1) is 0 Å². The Kier molecular flexibility index (Phi) is 4.74. The first-order valence-corrected chi connectivity index (χ1v) is 5.85. The highest BCUT2D eigenvalue weighted by Crippen LogP contribution is 2.22. The van der Waals surface area contributed by atoms with Crippen LogP contribution in [0.4, 0.5) is 0 Å². The molecule has 2 heteroatoms. The first-order chi connectivity index (χ1) is 6.20. The second-order valence-electron chi connectivity index (χ2n) is 3.04. The molecule has 0 aliphatic rings. The first kappa shape index (κ1) is 11.0. The third-order valence-corrected chi connectivity index (χ3v) is 2.64. The van der Waals surface area contributed by atoms with Crippen LogP contribution in [0.25, 0.3) is 0 Å². The summed E-state index contributed by atoms with van der Waals surface area (Å²) in [6, 6.07) is 10.5. The van der Waals surface area contributed by atoms with Gasteiger partial charge in [-0.1, -0.05) is 43.3 Å². The third kappa shape index (κ3) is 4.10. The van der Waals surface area contributed by atoms with Gasteiger partial charge in [0.05, 0.1) is 3.39 Å². The summed E-state index contributed by atoms with van der Waals surface area (Å²) in [6.07, 6.45) is 3.19. The Morgan fingerprint density at radius 2 is 1.92 bits per heavy atom. The lowest BCUT2D eigenvalue weighted by molar-refractivity contribution is 0.781. The Morgan fingerprint density at radius 3 is 2.46 bits per heavy atom. The van der Waals surface area contributed by atoms with E-state index in [9.17, 15) is 0 Å². The molecule has 1 atom stereocenters. The van der Waals surface area contributed by atoms with Crippen LogP contribution in [0.5, 0.6) is 0 Å². The number of benzene rings is 1. The molecule has 0 spiro atoms. The van der Waals surface area contributed by atoms with Crippen molar-refractivity contribution in [1.82, 2.24) is 0 Å². The molecule has 0 fully saturated rings. The van der Waals surface area contributed by atoms with E-state index in [-0.39, 0.29) is 0 Å². The molecule has 0 heterocycles. The van der Waals surface area contributed by atoms with Crippen molar-refractivity contribution in [1.29, 1.82) is 0 Å². The summed E-state index contributed by atoms with van der Waals surface area (Å²) in [5, 5.41) is 0. The summed E-state index contributed by atoms with van der Waals surface area (Å²) in [6.45, 7) is 2.23. The van der Waals surface area contributed by atoms with E-state index in [1.165, 1.54) is 5.56 Å². The van der Waals surface area contributed by atoms with Gasteiger partial charge >= 0.3 is 0 Å². The quantitative estimate of drug-likeness (QED) is 0.751. The molecular weight excluding hydrogens is 292 g/mol. The Bertz CT molecular complexity index is 273. The zero-order chi connectivity index (χ0) is 9.68. The second-order valence-corrected chi connectivity index (χ2v) is 5.81. The summed E-state index contributed by atoms with van der Waals surface area (Å²) in [4.78, 5) is 0. The third-order valence-electron chi connectivity index (χ3n) is 1.99. The molecular formula is C11H12Br2. The van der Waals surface area contributed by atoms with E-state index in [1.54, 1.807) is 0 Å². The van der Waals surface area contributed by atoms with E-state index >= 15 is 0 Å². The summed E-state index contributed by atoms with van der Waals surface area (Å²) in [7, 11) is 0. The molecule has 0 radical (unpaired) electrons. The Labute approximate surface area is 96.3 Å². The highest BCUT2D eigenvalue weighted by Gasteiger charge is 2.01. The topological polar surface area (TPSA) is 0 Å². The van der Waals surface area contributed by atoms with Gasteiger partial charge < -0.3 is 0 Å². The van der Waals surface area contributed by atoms with Gasteiger partial charge in [0.25, 0.3) is 0 Å². The van der Waals surface area contributed by atoms with Gasteiger partial charge in [-0.05, 0) is 49.8 Å². The van der Waals surface area contributed by atoms with E-state index in [1.807, 2.05) is 6.07 Å². The molecule has 1 unspecified atom stereocenters. The van der Waals surface area contributed by atoms with Crippen molar-refractivity contribution >= 4 is 31.9 Å². The van der Waals surface area contributed by atoms with E-state index in [2.05, 4.69) is 69.1 Å². The molecule has 0 saturated heterocycles. The molecule has 0 bridgehead atoms. The molecule has 0 aliphatic heterocycles. The lowest BCUT2D eigenvalue weighted by atomic mass is 9.98. The van der Waals surface area contributed by atoms with Gasteiger partial charge in [0.2, 0.25) is 0 Å². The second kappa shape index (κ2) is 5.61. The predicted molar refractivity (Wildman–Crippen MR) is 65.4 cm³/mol. The SMILES string of the molecule is CC(CC=C(Br)Br)c1ccccc1. The standard InChI is InChI=1S/C11H12Br2/c1-9(7-8-11(12)13)10-5-3-2-4-6-10/h2-6,8-9H,7H2,1H3. The number of hydrogen-bond donors (Lipinski definition) is 0. The van der Waals surface area contributed by atoms with Gasteiger partial charge in [-0.25, -0.2) is 0 Å². The van der Waals surface area contributed by atoms with Gasteiger partial charge in [-0.15, -0.1) is 0 Å². The van der Waals surface area contributed by atoms with Crippen LogP contribution in [0.1, 0.15) is 24.8 Å². The van der Waals surface area contributed by atoms with Crippen molar-refractivity contribution in [3.63, 3.8) is 0 Å². The largest absolute Gasteiger partial charge is 0.0626 e. The van der Waals surface area contributed by atoms with Gasteiger partial charge in [-0.3, -0.25) is 0 Å². The lowest BCUT2D eigenvalue weighted by Gasteiger charge is -2.08. The molecule has 0 amide bonds. The highest BCUT2D eigenvalue weighted by molar-refractivity contribution is 9.28. The normalized spacial score (nSPS) is 12.2. The van der Waals surface area contributed by atoms with Crippen LogP contribution in [-0.2, 0) is 0 Å². The maximum absolute atomic E-state index is 3.35. The van der Waals surface area contributed by atoms with Crippen LogP contribution >= 0.6 is 31.9 Å². The average Bonchev–Trinajstić information content (AvgIpc) is 2.15. The molecule has 0 N–H and O–H groups in total. The molecule has 0 saturated carbocycles. The molecule has 0 nitrogen and oxygen atoms in total. The Morgan fingerprint density at radius 1 is 1.31 bits per heavy atom. The van der Waals surface area contributed by atoms with Crippen molar-refractivity contribution in [2.75, 3.05) is 0 Å². The minimum atomic E-state index is 0.575. The molecule has 1 rings (SSSR count). The van der Waals surface area contributed by atoms with Crippen molar-refractivity contribution in [3.05, 3.63) is 45.4 Å². The zero-order valence-corrected chi connectivity index (χ0v) is 10.7. The average molecular weight is 304 g/mol. The van der Waals surface area contributed by atoms with Gasteiger partial charge in [0, 0.05) is 0 Å². The highest BCUT2D eigenvalue weighted by atomic mass is 79.9. The van der Waals surface area contributed by atoms with E-state index in [4.69, 9.17) is 0 Å². The van der Waals surface area contributed by atoms with E-state index in [0.717, 1.165) is 9.81 Å². The molecule has 13 heavy (non-hydrogen) atoms. The molecule has 0 aliphatic carbocycles. The molecule has 1 aromatic carbocycles.